The first-order valence-electron chi connectivity index (χ1n) is 6.10. The maximum Gasteiger partial charge on any atom is 0.154 e. The van der Waals surface area contributed by atoms with Gasteiger partial charge < -0.3 is 10.5 Å². The van der Waals surface area contributed by atoms with Crippen molar-refractivity contribution in [3.8, 4) is 0 Å². The monoisotopic (exact) mass is 222 g/mol. The van der Waals surface area contributed by atoms with Crippen molar-refractivity contribution in [2.45, 2.75) is 44.2 Å². The highest BCUT2D eigenvalue weighted by molar-refractivity contribution is 5.03. The molecule has 2 N–H and O–H groups in total. The van der Waals surface area contributed by atoms with E-state index in [0.717, 1.165) is 57.1 Å². The maximum absolute atomic E-state index is 5.94. The second-order valence-electron chi connectivity index (χ2n) is 4.75. The van der Waals surface area contributed by atoms with Gasteiger partial charge in [-0.1, -0.05) is 0 Å². The van der Waals surface area contributed by atoms with Gasteiger partial charge >= 0.3 is 0 Å². The lowest BCUT2D eigenvalue weighted by Crippen LogP contribution is -2.31. The Morgan fingerprint density at radius 2 is 2.06 bits per heavy atom. The predicted octanol–water partition coefficient (Wildman–Crippen LogP) is 0.446. The minimum Gasteiger partial charge on any atom is -0.381 e. The quantitative estimate of drug-likeness (QED) is 0.749. The summed E-state index contributed by atoms with van der Waals surface area (Å²) in [4.78, 5) is 4.64. The van der Waals surface area contributed by atoms with Crippen molar-refractivity contribution in [2.75, 3.05) is 13.2 Å². The van der Waals surface area contributed by atoms with Gasteiger partial charge in [0.15, 0.2) is 5.82 Å². The van der Waals surface area contributed by atoms with Gasteiger partial charge in [-0.05, 0) is 19.3 Å². The van der Waals surface area contributed by atoms with Crippen molar-refractivity contribution in [3.63, 3.8) is 0 Å². The van der Waals surface area contributed by atoms with Crippen molar-refractivity contribution in [1.29, 1.82) is 0 Å². The molecule has 88 valence electrons. The third kappa shape index (κ3) is 1.85. The van der Waals surface area contributed by atoms with Crippen LogP contribution in [0.4, 0.5) is 0 Å². The summed E-state index contributed by atoms with van der Waals surface area (Å²) in [5, 5.41) is 4.60. The molecule has 1 fully saturated rings. The van der Waals surface area contributed by atoms with Crippen LogP contribution < -0.4 is 5.73 Å². The van der Waals surface area contributed by atoms with Crippen LogP contribution in [0.3, 0.4) is 0 Å². The molecule has 5 nitrogen and oxygen atoms in total. The van der Waals surface area contributed by atoms with E-state index in [4.69, 9.17) is 10.5 Å². The molecule has 0 aromatic carbocycles. The Hall–Kier alpha value is -0.940. The van der Waals surface area contributed by atoms with E-state index < -0.39 is 0 Å². The van der Waals surface area contributed by atoms with Crippen LogP contribution in [0, 0.1) is 0 Å². The van der Waals surface area contributed by atoms with Gasteiger partial charge in [0.2, 0.25) is 0 Å². The summed E-state index contributed by atoms with van der Waals surface area (Å²) < 4.78 is 7.39. The Morgan fingerprint density at radius 3 is 2.88 bits per heavy atom. The molecule has 0 saturated carbocycles. The Balaban J connectivity index is 1.80. The summed E-state index contributed by atoms with van der Waals surface area (Å²) >= 11 is 0. The van der Waals surface area contributed by atoms with Gasteiger partial charge in [-0.25, -0.2) is 9.67 Å². The SMILES string of the molecule is NC1CCn2nc(C3CCOCC3)nc2C1. The number of fused-ring (bicyclic) bond motifs is 1. The number of hydrogen-bond donors (Lipinski definition) is 1. The summed E-state index contributed by atoms with van der Waals surface area (Å²) in [5.74, 6) is 2.57. The van der Waals surface area contributed by atoms with Crippen molar-refractivity contribution in [2.24, 2.45) is 5.73 Å². The first-order valence-corrected chi connectivity index (χ1v) is 6.10. The molecule has 16 heavy (non-hydrogen) atoms. The van der Waals surface area contributed by atoms with Crippen LogP contribution in [0.25, 0.3) is 0 Å². The summed E-state index contributed by atoms with van der Waals surface area (Å²) in [5.41, 5.74) is 5.94. The zero-order chi connectivity index (χ0) is 11.0. The number of aromatic nitrogens is 3. The molecule has 2 aliphatic heterocycles. The largest absolute Gasteiger partial charge is 0.381 e. The van der Waals surface area contributed by atoms with Gasteiger partial charge in [0.05, 0.1) is 0 Å². The Labute approximate surface area is 95.0 Å². The Kier molecular flexibility index (Phi) is 2.65. The second kappa shape index (κ2) is 4.14. The van der Waals surface area contributed by atoms with Crippen LogP contribution in [0.1, 0.15) is 36.8 Å². The van der Waals surface area contributed by atoms with Crippen molar-refractivity contribution < 1.29 is 4.74 Å². The molecule has 3 heterocycles. The minimum absolute atomic E-state index is 0.263. The summed E-state index contributed by atoms with van der Waals surface area (Å²) in [7, 11) is 0. The predicted molar refractivity (Wildman–Crippen MR) is 59.1 cm³/mol. The molecule has 5 heteroatoms. The van der Waals surface area contributed by atoms with Crippen LogP contribution in [0.2, 0.25) is 0 Å². The summed E-state index contributed by atoms with van der Waals surface area (Å²) in [6, 6.07) is 0.263. The molecule has 1 atom stereocenters. The number of hydrogen-bond acceptors (Lipinski definition) is 4. The van der Waals surface area contributed by atoms with Crippen LogP contribution in [0.5, 0.6) is 0 Å². The maximum atomic E-state index is 5.94. The van der Waals surface area contributed by atoms with Crippen molar-refractivity contribution in [3.05, 3.63) is 11.6 Å². The van der Waals surface area contributed by atoms with E-state index in [1.54, 1.807) is 0 Å². The van der Waals surface area contributed by atoms with E-state index in [9.17, 15) is 0 Å². The lowest BCUT2D eigenvalue weighted by atomic mass is 10.00. The van der Waals surface area contributed by atoms with E-state index in [2.05, 4.69) is 10.1 Å². The minimum atomic E-state index is 0.263. The smallest absolute Gasteiger partial charge is 0.154 e. The molecule has 1 unspecified atom stereocenters. The van der Waals surface area contributed by atoms with Crippen molar-refractivity contribution >= 4 is 0 Å². The van der Waals surface area contributed by atoms with Gasteiger partial charge in [-0.15, -0.1) is 0 Å². The van der Waals surface area contributed by atoms with E-state index in [0.29, 0.717) is 5.92 Å². The summed E-state index contributed by atoms with van der Waals surface area (Å²) in [6.07, 6.45) is 3.99. The van der Waals surface area contributed by atoms with Crippen LogP contribution in [0.15, 0.2) is 0 Å². The normalized spacial score (nSPS) is 26.7. The molecule has 0 spiro atoms. The number of aryl methyl sites for hydroxylation is 1. The van der Waals surface area contributed by atoms with Crippen LogP contribution in [-0.4, -0.2) is 34.0 Å². The fourth-order valence-electron chi connectivity index (χ4n) is 2.48. The molecular weight excluding hydrogens is 204 g/mol. The third-order valence-corrected chi connectivity index (χ3v) is 3.51. The fraction of sp³-hybridized carbons (Fsp3) is 0.818. The molecule has 1 aromatic rings. The zero-order valence-corrected chi connectivity index (χ0v) is 9.43. The highest BCUT2D eigenvalue weighted by atomic mass is 16.5. The molecule has 1 aromatic heterocycles. The Morgan fingerprint density at radius 1 is 1.25 bits per heavy atom. The molecular formula is C11H18N4O. The second-order valence-corrected chi connectivity index (χ2v) is 4.75. The average molecular weight is 222 g/mol. The first-order chi connectivity index (χ1) is 7.83. The first kappa shape index (κ1) is 10.2. The summed E-state index contributed by atoms with van der Waals surface area (Å²) in [6.45, 7) is 2.61. The molecule has 3 rings (SSSR count). The lowest BCUT2D eigenvalue weighted by molar-refractivity contribution is 0.0835. The van der Waals surface area contributed by atoms with Crippen LogP contribution in [-0.2, 0) is 17.7 Å². The number of nitrogens with zero attached hydrogens (tertiary/aromatic N) is 3. The van der Waals surface area contributed by atoms with Gasteiger partial charge in [0.25, 0.3) is 0 Å². The number of ether oxygens (including phenoxy) is 1. The highest BCUT2D eigenvalue weighted by Gasteiger charge is 2.24. The fourth-order valence-corrected chi connectivity index (χ4v) is 2.48. The highest BCUT2D eigenvalue weighted by Crippen LogP contribution is 2.25. The third-order valence-electron chi connectivity index (χ3n) is 3.51. The van der Waals surface area contributed by atoms with Gasteiger partial charge in [0.1, 0.15) is 5.82 Å². The average Bonchev–Trinajstić information content (AvgIpc) is 2.73. The van der Waals surface area contributed by atoms with E-state index >= 15 is 0 Å². The van der Waals surface area contributed by atoms with E-state index in [-0.39, 0.29) is 6.04 Å². The van der Waals surface area contributed by atoms with E-state index in [1.807, 2.05) is 4.68 Å². The van der Waals surface area contributed by atoms with Gasteiger partial charge in [0, 0.05) is 38.1 Å². The lowest BCUT2D eigenvalue weighted by Gasteiger charge is -2.18. The van der Waals surface area contributed by atoms with E-state index in [1.165, 1.54) is 0 Å². The molecule has 2 aliphatic rings. The van der Waals surface area contributed by atoms with Crippen molar-refractivity contribution in [1.82, 2.24) is 14.8 Å². The molecule has 0 bridgehead atoms. The van der Waals surface area contributed by atoms with Gasteiger partial charge in [-0.2, -0.15) is 5.10 Å². The molecule has 0 radical (unpaired) electrons. The Bertz CT molecular complexity index is 370. The van der Waals surface area contributed by atoms with Crippen LogP contribution >= 0.6 is 0 Å². The zero-order valence-electron chi connectivity index (χ0n) is 9.43. The number of nitrogens with two attached hydrogens (primary N) is 1. The molecule has 0 amide bonds. The number of rotatable bonds is 1. The standard InChI is InChI=1S/C11H18N4O/c12-9-1-4-15-10(7-9)13-11(14-15)8-2-5-16-6-3-8/h8-9H,1-7,12H2. The molecule has 0 aliphatic carbocycles. The topological polar surface area (TPSA) is 66.0 Å². The van der Waals surface area contributed by atoms with Gasteiger partial charge in [-0.3, -0.25) is 0 Å². The molecule has 1 saturated heterocycles.